The lowest BCUT2D eigenvalue weighted by Crippen LogP contribution is -2.41. The van der Waals surface area contributed by atoms with Gasteiger partial charge in [0.2, 0.25) is 0 Å². The van der Waals surface area contributed by atoms with Crippen LogP contribution in [-0.4, -0.2) is 56.9 Å². The van der Waals surface area contributed by atoms with E-state index in [1.807, 2.05) is 6.92 Å². The van der Waals surface area contributed by atoms with E-state index in [9.17, 15) is 8.78 Å². The molecule has 2 aliphatic rings. The van der Waals surface area contributed by atoms with E-state index >= 15 is 0 Å². The molecule has 28 heavy (non-hydrogen) atoms. The van der Waals surface area contributed by atoms with Crippen LogP contribution in [0.25, 0.3) is 0 Å². The Morgan fingerprint density at radius 2 is 2.18 bits per heavy atom. The summed E-state index contributed by atoms with van der Waals surface area (Å²) in [6.07, 6.45) is 2.22. The molecule has 1 aromatic carbocycles. The van der Waals surface area contributed by atoms with Gasteiger partial charge in [0.15, 0.2) is 17.5 Å². The highest BCUT2D eigenvalue weighted by atomic mass is 19.3. The van der Waals surface area contributed by atoms with Crippen molar-refractivity contribution in [3.63, 3.8) is 0 Å². The van der Waals surface area contributed by atoms with Gasteiger partial charge in [0.05, 0.1) is 19.8 Å². The predicted molar refractivity (Wildman–Crippen MR) is 103 cm³/mol. The minimum Gasteiger partial charge on any atom is -0.490 e. The van der Waals surface area contributed by atoms with Crippen LogP contribution >= 0.6 is 0 Å². The first-order valence-corrected chi connectivity index (χ1v) is 9.87. The average molecular weight is 397 g/mol. The van der Waals surface area contributed by atoms with Gasteiger partial charge >= 0.3 is 6.61 Å². The van der Waals surface area contributed by atoms with E-state index in [0.29, 0.717) is 18.9 Å². The normalized spacial score (nSPS) is 22.3. The van der Waals surface area contributed by atoms with Gasteiger partial charge in [-0.05, 0) is 44.4 Å². The molecule has 6 nitrogen and oxygen atoms in total. The van der Waals surface area contributed by atoms with Crippen LogP contribution in [0.5, 0.6) is 11.5 Å². The first kappa shape index (κ1) is 20.6. The van der Waals surface area contributed by atoms with Crippen molar-refractivity contribution in [2.45, 2.75) is 39.8 Å². The molecule has 1 unspecified atom stereocenters. The monoisotopic (exact) mass is 397 g/mol. The van der Waals surface area contributed by atoms with Crippen molar-refractivity contribution in [2.75, 3.05) is 39.5 Å². The van der Waals surface area contributed by atoms with Gasteiger partial charge in [0.1, 0.15) is 0 Å². The Hall–Kier alpha value is -2.09. The Labute approximate surface area is 164 Å². The first-order valence-electron chi connectivity index (χ1n) is 9.87. The van der Waals surface area contributed by atoms with Crippen LogP contribution in [0, 0.1) is 5.41 Å². The number of nitrogens with zero attached hydrogens (tertiary/aromatic N) is 2. The number of ether oxygens (including phenoxy) is 3. The van der Waals surface area contributed by atoms with Crippen LogP contribution in [0.3, 0.4) is 0 Å². The number of benzene rings is 1. The lowest BCUT2D eigenvalue weighted by molar-refractivity contribution is -0.0514. The molecule has 0 amide bonds. The van der Waals surface area contributed by atoms with Gasteiger partial charge in [-0.15, -0.1) is 0 Å². The number of hydrogen-bond acceptors (Lipinski definition) is 4. The molecule has 0 bridgehead atoms. The largest absolute Gasteiger partial charge is 0.490 e. The molecule has 1 aromatic rings. The lowest BCUT2D eigenvalue weighted by atomic mass is 9.87. The maximum absolute atomic E-state index is 12.6. The summed E-state index contributed by atoms with van der Waals surface area (Å²) in [6, 6.07) is 4.96. The molecule has 2 fully saturated rings. The molecule has 0 aliphatic carbocycles. The summed E-state index contributed by atoms with van der Waals surface area (Å²) in [7, 11) is 0. The minimum absolute atomic E-state index is 0.0409. The van der Waals surface area contributed by atoms with Gasteiger partial charge in [-0.3, -0.25) is 0 Å². The van der Waals surface area contributed by atoms with Crippen LogP contribution in [0.15, 0.2) is 23.2 Å². The van der Waals surface area contributed by atoms with E-state index in [2.05, 4.69) is 15.0 Å². The zero-order chi connectivity index (χ0) is 20.0. The summed E-state index contributed by atoms with van der Waals surface area (Å²) in [5, 5.41) is 3.36. The molecule has 2 heterocycles. The summed E-state index contributed by atoms with van der Waals surface area (Å²) < 4.78 is 40.7. The standard InChI is InChI=1S/C20H29F2N3O3/c1-3-23-19(25-9-7-20(13-25)8-10-26-14-20)24-12-15-5-6-16(28-18(21)22)17(11-15)27-4-2/h5-6,11,18H,3-4,7-10,12-14H2,1-2H3,(H,23,24). The van der Waals surface area contributed by atoms with Crippen LogP contribution < -0.4 is 14.8 Å². The number of guanidine groups is 1. The minimum atomic E-state index is -2.88. The molecule has 0 aromatic heterocycles. The van der Waals surface area contributed by atoms with Crippen molar-refractivity contribution in [1.82, 2.24) is 10.2 Å². The van der Waals surface area contributed by atoms with Gasteiger partial charge in [0.25, 0.3) is 0 Å². The second-order valence-corrected chi connectivity index (χ2v) is 7.24. The van der Waals surface area contributed by atoms with E-state index in [1.165, 1.54) is 6.07 Å². The summed E-state index contributed by atoms with van der Waals surface area (Å²) >= 11 is 0. The van der Waals surface area contributed by atoms with Gasteiger partial charge < -0.3 is 24.4 Å². The fourth-order valence-electron chi connectivity index (χ4n) is 3.79. The zero-order valence-electron chi connectivity index (χ0n) is 16.5. The molecule has 2 aliphatic heterocycles. The number of hydrogen-bond donors (Lipinski definition) is 1. The summed E-state index contributed by atoms with van der Waals surface area (Å²) in [5.74, 6) is 1.22. The molecule has 1 spiro atoms. The SMILES string of the molecule is CCNC(=NCc1ccc(OC(F)F)c(OCC)c1)N1CCC2(CCOC2)C1. The molecule has 1 atom stereocenters. The van der Waals surface area contributed by atoms with Crippen molar-refractivity contribution in [3.8, 4) is 11.5 Å². The molecule has 2 saturated heterocycles. The first-order chi connectivity index (χ1) is 13.5. The quantitative estimate of drug-likeness (QED) is 0.565. The highest BCUT2D eigenvalue weighted by Crippen LogP contribution is 2.38. The molecule has 8 heteroatoms. The maximum atomic E-state index is 12.6. The van der Waals surface area contributed by atoms with E-state index in [0.717, 1.165) is 57.2 Å². The fraction of sp³-hybridized carbons (Fsp3) is 0.650. The Morgan fingerprint density at radius 1 is 1.32 bits per heavy atom. The van der Waals surface area contributed by atoms with Crippen LogP contribution in [0.1, 0.15) is 32.3 Å². The van der Waals surface area contributed by atoms with Gasteiger partial charge in [-0.25, -0.2) is 4.99 Å². The second kappa shape index (κ2) is 9.41. The third-order valence-corrected chi connectivity index (χ3v) is 5.19. The Bertz CT molecular complexity index is 679. The molecule has 1 N–H and O–H groups in total. The van der Waals surface area contributed by atoms with Gasteiger partial charge in [-0.2, -0.15) is 8.78 Å². The summed E-state index contributed by atoms with van der Waals surface area (Å²) in [5.41, 5.74) is 1.13. The van der Waals surface area contributed by atoms with Crippen molar-refractivity contribution in [1.29, 1.82) is 0 Å². The average Bonchev–Trinajstić information content (AvgIpc) is 3.30. The number of nitrogens with one attached hydrogen (secondary N) is 1. The van der Waals surface area contributed by atoms with Gasteiger partial charge in [-0.1, -0.05) is 6.07 Å². The van der Waals surface area contributed by atoms with E-state index in [4.69, 9.17) is 14.5 Å². The summed E-state index contributed by atoms with van der Waals surface area (Å²) in [6.45, 7) is 6.12. The number of alkyl halides is 2. The lowest BCUT2D eigenvalue weighted by Gasteiger charge is -2.25. The number of rotatable bonds is 7. The number of aliphatic imine (C=N–C) groups is 1. The zero-order valence-corrected chi connectivity index (χ0v) is 16.5. The van der Waals surface area contributed by atoms with Crippen molar-refractivity contribution in [2.24, 2.45) is 10.4 Å². The van der Waals surface area contributed by atoms with E-state index < -0.39 is 6.61 Å². The molecule has 0 saturated carbocycles. The van der Waals surface area contributed by atoms with E-state index in [1.54, 1.807) is 19.1 Å². The molecule has 3 rings (SSSR count). The predicted octanol–water partition coefficient (Wildman–Crippen LogP) is 3.26. The van der Waals surface area contributed by atoms with Crippen LogP contribution in [0.4, 0.5) is 8.78 Å². The number of halogens is 2. The van der Waals surface area contributed by atoms with Crippen LogP contribution in [0.2, 0.25) is 0 Å². The van der Waals surface area contributed by atoms with Crippen molar-refractivity contribution < 1.29 is 23.0 Å². The Kier molecular flexibility index (Phi) is 6.93. The van der Waals surface area contributed by atoms with Crippen molar-refractivity contribution in [3.05, 3.63) is 23.8 Å². The fourth-order valence-corrected chi connectivity index (χ4v) is 3.79. The van der Waals surface area contributed by atoms with Crippen molar-refractivity contribution >= 4 is 5.96 Å². The highest BCUT2D eigenvalue weighted by Gasteiger charge is 2.42. The summed E-state index contributed by atoms with van der Waals surface area (Å²) in [4.78, 5) is 7.05. The third-order valence-electron chi connectivity index (χ3n) is 5.19. The Balaban J connectivity index is 1.71. The molecular weight excluding hydrogens is 368 g/mol. The number of likely N-dealkylation sites (tertiary alicyclic amines) is 1. The van der Waals surface area contributed by atoms with Crippen LogP contribution in [-0.2, 0) is 11.3 Å². The molecule has 0 radical (unpaired) electrons. The topological polar surface area (TPSA) is 55.3 Å². The molecule has 156 valence electrons. The second-order valence-electron chi connectivity index (χ2n) is 7.24. The third kappa shape index (κ3) is 5.04. The van der Waals surface area contributed by atoms with E-state index in [-0.39, 0.29) is 11.2 Å². The van der Waals surface area contributed by atoms with Gasteiger partial charge in [0, 0.05) is 31.7 Å². The maximum Gasteiger partial charge on any atom is 0.387 e. The smallest absolute Gasteiger partial charge is 0.387 e. The highest BCUT2D eigenvalue weighted by molar-refractivity contribution is 5.80. The molecular formula is C20H29F2N3O3. The Morgan fingerprint density at radius 3 is 2.86 bits per heavy atom.